The number of hydrogen-bond acceptors (Lipinski definition) is 3. The van der Waals surface area contributed by atoms with Crippen molar-refractivity contribution in [1.82, 2.24) is 0 Å². The number of halogens is 1. The molecule has 2 aromatic carbocycles. The monoisotopic (exact) mass is 381 g/mol. The third-order valence-corrected chi connectivity index (χ3v) is 6.37. The summed E-state index contributed by atoms with van der Waals surface area (Å²) in [4.78, 5) is 0.253. The molecule has 0 aromatic heterocycles. The fraction of sp³-hybridized carbons (Fsp3) is 0.250. The zero-order valence-electron chi connectivity index (χ0n) is 12.3. The van der Waals surface area contributed by atoms with E-state index >= 15 is 0 Å². The molecule has 0 fully saturated rings. The van der Waals surface area contributed by atoms with Crippen molar-refractivity contribution in [3.8, 4) is 5.75 Å². The number of benzene rings is 2. The first-order chi connectivity index (χ1) is 10.4. The van der Waals surface area contributed by atoms with Gasteiger partial charge in [0, 0.05) is 6.04 Å². The van der Waals surface area contributed by atoms with Gasteiger partial charge in [-0.05, 0) is 59.1 Å². The Balaban J connectivity index is 2.09. The van der Waals surface area contributed by atoms with Crippen LogP contribution in [0.25, 0.3) is 0 Å². The predicted octanol–water partition coefficient (Wildman–Crippen LogP) is 3.60. The molecule has 2 aromatic rings. The molecule has 3 rings (SSSR count). The molecule has 0 saturated carbocycles. The maximum Gasteiger partial charge on any atom is 0.264 e. The molecule has 0 aliphatic carbocycles. The van der Waals surface area contributed by atoms with E-state index in [1.54, 1.807) is 25.3 Å². The highest BCUT2D eigenvalue weighted by Crippen LogP contribution is 2.37. The lowest BCUT2D eigenvalue weighted by molar-refractivity contribution is 0.411. The quantitative estimate of drug-likeness (QED) is 0.815. The first kappa shape index (κ1) is 15.4. The highest BCUT2D eigenvalue weighted by molar-refractivity contribution is 9.10. The van der Waals surface area contributed by atoms with Gasteiger partial charge in [0.05, 0.1) is 22.2 Å². The average molecular weight is 382 g/mol. The minimum absolute atomic E-state index is 0.0942. The number of rotatable bonds is 3. The molecule has 0 saturated heterocycles. The molecule has 4 nitrogen and oxygen atoms in total. The van der Waals surface area contributed by atoms with Gasteiger partial charge in [0.15, 0.2) is 0 Å². The molecule has 6 heteroatoms. The van der Waals surface area contributed by atoms with E-state index in [1.165, 1.54) is 4.31 Å². The van der Waals surface area contributed by atoms with E-state index in [2.05, 4.69) is 15.9 Å². The Morgan fingerprint density at radius 1 is 1.23 bits per heavy atom. The molecule has 0 N–H and O–H groups in total. The third kappa shape index (κ3) is 2.40. The first-order valence-corrected chi connectivity index (χ1v) is 9.14. The molecule has 1 heterocycles. The van der Waals surface area contributed by atoms with Crippen LogP contribution < -0.4 is 9.04 Å². The average Bonchev–Trinajstić information content (AvgIpc) is 2.83. The SMILES string of the molecule is COc1ccc(S(=O)(=O)N2c3ccccc3C[C@@H]2C)cc1Br. The van der Waals surface area contributed by atoms with Gasteiger partial charge in [-0.2, -0.15) is 0 Å². The predicted molar refractivity (Wildman–Crippen MR) is 90.0 cm³/mol. The highest BCUT2D eigenvalue weighted by Gasteiger charge is 2.35. The zero-order valence-corrected chi connectivity index (χ0v) is 14.7. The molecule has 1 aliphatic heterocycles. The summed E-state index contributed by atoms with van der Waals surface area (Å²) in [6.45, 7) is 1.93. The van der Waals surface area contributed by atoms with E-state index in [1.807, 2.05) is 31.2 Å². The van der Waals surface area contributed by atoms with Crippen molar-refractivity contribution in [2.24, 2.45) is 0 Å². The summed E-state index contributed by atoms with van der Waals surface area (Å²) >= 11 is 3.35. The largest absolute Gasteiger partial charge is 0.496 e. The molecule has 0 amide bonds. The number of sulfonamides is 1. The van der Waals surface area contributed by atoms with E-state index in [0.29, 0.717) is 10.2 Å². The smallest absolute Gasteiger partial charge is 0.264 e. The third-order valence-electron chi connectivity index (χ3n) is 3.82. The summed E-state index contributed by atoms with van der Waals surface area (Å²) in [5.74, 6) is 0.605. The van der Waals surface area contributed by atoms with Crippen molar-refractivity contribution in [3.05, 3.63) is 52.5 Å². The number of hydrogen-bond donors (Lipinski definition) is 0. The molecular weight excluding hydrogens is 366 g/mol. The topological polar surface area (TPSA) is 46.6 Å². The van der Waals surface area contributed by atoms with Crippen LogP contribution in [0.3, 0.4) is 0 Å². The van der Waals surface area contributed by atoms with Crippen molar-refractivity contribution in [2.45, 2.75) is 24.3 Å². The second-order valence-electron chi connectivity index (χ2n) is 5.28. The number of ether oxygens (including phenoxy) is 1. The second-order valence-corrected chi connectivity index (χ2v) is 7.95. The summed E-state index contributed by atoms with van der Waals surface area (Å²) in [6.07, 6.45) is 0.729. The van der Waals surface area contributed by atoms with E-state index < -0.39 is 10.0 Å². The molecule has 0 spiro atoms. The minimum atomic E-state index is -3.60. The lowest BCUT2D eigenvalue weighted by atomic mass is 10.1. The van der Waals surface area contributed by atoms with Crippen molar-refractivity contribution >= 4 is 31.6 Å². The Morgan fingerprint density at radius 3 is 2.64 bits per heavy atom. The van der Waals surface area contributed by atoms with Crippen LogP contribution in [0.15, 0.2) is 51.8 Å². The van der Waals surface area contributed by atoms with Gasteiger partial charge in [-0.1, -0.05) is 18.2 Å². The molecule has 1 atom stereocenters. The molecule has 1 aliphatic rings. The van der Waals surface area contributed by atoms with Gasteiger partial charge in [0.1, 0.15) is 5.75 Å². The summed E-state index contributed by atoms with van der Waals surface area (Å²) in [5, 5.41) is 0. The van der Waals surface area contributed by atoms with Gasteiger partial charge >= 0.3 is 0 Å². The van der Waals surface area contributed by atoms with Crippen molar-refractivity contribution in [3.63, 3.8) is 0 Å². The van der Waals surface area contributed by atoms with Crippen LogP contribution >= 0.6 is 15.9 Å². The lowest BCUT2D eigenvalue weighted by Gasteiger charge is -2.24. The molecule has 0 unspecified atom stereocenters. The van der Waals surface area contributed by atoms with Crippen LogP contribution in [-0.4, -0.2) is 21.6 Å². The standard InChI is InChI=1S/C16H16BrNO3S/c1-11-9-12-5-3-4-6-15(12)18(11)22(19,20)13-7-8-16(21-2)14(17)10-13/h3-8,10-11H,9H2,1-2H3/t11-/m0/s1. The normalized spacial score (nSPS) is 17.4. The van der Waals surface area contributed by atoms with Crippen molar-refractivity contribution < 1.29 is 13.2 Å². The van der Waals surface area contributed by atoms with Gasteiger partial charge in [-0.15, -0.1) is 0 Å². The van der Waals surface area contributed by atoms with E-state index in [0.717, 1.165) is 17.7 Å². The zero-order chi connectivity index (χ0) is 15.9. The molecule has 116 valence electrons. The van der Waals surface area contributed by atoms with Gasteiger partial charge < -0.3 is 4.74 Å². The highest BCUT2D eigenvalue weighted by atomic mass is 79.9. The molecule has 22 heavy (non-hydrogen) atoms. The minimum Gasteiger partial charge on any atom is -0.496 e. The summed E-state index contributed by atoms with van der Waals surface area (Å²) < 4.78 is 33.3. The van der Waals surface area contributed by atoms with Crippen LogP contribution in [0, 0.1) is 0 Å². The van der Waals surface area contributed by atoms with Crippen LogP contribution in [0.2, 0.25) is 0 Å². The Morgan fingerprint density at radius 2 is 1.95 bits per heavy atom. The van der Waals surface area contributed by atoms with Gasteiger partial charge in [-0.3, -0.25) is 4.31 Å². The Bertz CT molecular complexity index is 820. The van der Waals surface area contributed by atoms with Crippen molar-refractivity contribution in [1.29, 1.82) is 0 Å². The number of fused-ring (bicyclic) bond motifs is 1. The fourth-order valence-electron chi connectivity index (χ4n) is 2.82. The fourth-order valence-corrected chi connectivity index (χ4v) is 5.24. The number of anilines is 1. The Hall–Kier alpha value is -1.53. The Labute approximate surface area is 138 Å². The van der Waals surface area contributed by atoms with E-state index in [9.17, 15) is 8.42 Å². The summed E-state index contributed by atoms with van der Waals surface area (Å²) in [5.41, 5.74) is 1.83. The van der Waals surface area contributed by atoms with Crippen LogP contribution in [0.5, 0.6) is 5.75 Å². The van der Waals surface area contributed by atoms with Crippen molar-refractivity contribution in [2.75, 3.05) is 11.4 Å². The molecular formula is C16H16BrNO3S. The lowest BCUT2D eigenvalue weighted by Crippen LogP contribution is -2.35. The van der Waals surface area contributed by atoms with Gasteiger partial charge in [0.2, 0.25) is 0 Å². The van der Waals surface area contributed by atoms with E-state index in [4.69, 9.17) is 4.74 Å². The maximum atomic E-state index is 13.0. The van der Waals surface area contributed by atoms with Gasteiger partial charge in [-0.25, -0.2) is 8.42 Å². The maximum absolute atomic E-state index is 13.0. The van der Waals surface area contributed by atoms with Crippen LogP contribution in [-0.2, 0) is 16.4 Å². The number of nitrogens with zero attached hydrogens (tertiary/aromatic N) is 1. The van der Waals surface area contributed by atoms with Gasteiger partial charge in [0.25, 0.3) is 10.0 Å². The summed E-state index contributed by atoms with van der Waals surface area (Å²) in [7, 11) is -2.05. The van der Waals surface area contributed by atoms with Crippen LogP contribution in [0.4, 0.5) is 5.69 Å². The van der Waals surface area contributed by atoms with E-state index in [-0.39, 0.29) is 10.9 Å². The Kier molecular flexibility index (Phi) is 3.91. The second kappa shape index (κ2) is 5.59. The number of para-hydroxylation sites is 1. The molecule has 0 bridgehead atoms. The van der Waals surface area contributed by atoms with Crippen LogP contribution in [0.1, 0.15) is 12.5 Å². The molecule has 0 radical (unpaired) electrons. The summed E-state index contributed by atoms with van der Waals surface area (Å²) in [6, 6.07) is 12.4. The number of methoxy groups -OCH3 is 1. The first-order valence-electron chi connectivity index (χ1n) is 6.91.